The van der Waals surface area contributed by atoms with E-state index in [1.54, 1.807) is 24.3 Å². The third-order valence-corrected chi connectivity index (χ3v) is 2.48. The number of carboxylic acid groups (broad SMARTS) is 1. The van der Waals surface area contributed by atoms with Gasteiger partial charge in [0.2, 0.25) is 0 Å². The van der Waals surface area contributed by atoms with Gasteiger partial charge in [0, 0.05) is 6.42 Å². The minimum atomic E-state index is -1.62. The van der Waals surface area contributed by atoms with Gasteiger partial charge in [-0.2, -0.15) is 0 Å². The van der Waals surface area contributed by atoms with Crippen molar-refractivity contribution >= 4 is 5.97 Å². The first-order valence-electron chi connectivity index (χ1n) is 4.71. The average Bonchev–Trinajstić information content (AvgIpc) is 2.18. The van der Waals surface area contributed by atoms with Crippen LogP contribution in [0.5, 0.6) is 0 Å². The summed E-state index contributed by atoms with van der Waals surface area (Å²) in [7, 11) is 0. The summed E-state index contributed by atoms with van der Waals surface area (Å²) in [6.45, 7) is 1.39. The fourth-order valence-electron chi connectivity index (χ4n) is 1.34. The second-order valence-electron chi connectivity index (χ2n) is 3.68. The van der Waals surface area contributed by atoms with Gasteiger partial charge < -0.3 is 15.9 Å². The van der Waals surface area contributed by atoms with E-state index in [0.717, 1.165) is 5.56 Å². The van der Waals surface area contributed by atoms with Crippen LogP contribution in [0.15, 0.2) is 30.3 Å². The van der Waals surface area contributed by atoms with E-state index in [2.05, 4.69) is 0 Å². The summed E-state index contributed by atoms with van der Waals surface area (Å²) < 4.78 is 0. The summed E-state index contributed by atoms with van der Waals surface area (Å²) in [6.07, 6.45) is -0.990. The number of nitrogens with two attached hydrogens (primary N) is 1. The molecule has 0 radical (unpaired) electrons. The molecule has 0 heterocycles. The summed E-state index contributed by atoms with van der Waals surface area (Å²) in [4.78, 5) is 11.0. The molecule has 0 aliphatic heterocycles. The molecule has 0 saturated carbocycles. The highest BCUT2D eigenvalue weighted by Crippen LogP contribution is 2.15. The van der Waals surface area contributed by atoms with Gasteiger partial charge in [0.25, 0.3) is 0 Å². The Morgan fingerprint density at radius 2 is 2.00 bits per heavy atom. The van der Waals surface area contributed by atoms with Crippen molar-refractivity contribution in [2.45, 2.75) is 25.0 Å². The second-order valence-corrected chi connectivity index (χ2v) is 3.68. The monoisotopic (exact) mass is 209 g/mol. The first-order chi connectivity index (χ1) is 6.97. The highest BCUT2D eigenvalue weighted by Gasteiger charge is 2.39. The smallest absolute Gasteiger partial charge is 0.326 e. The summed E-state index contributed by atoms with van der Waals surface area (Å²) in [5.74, 6) is -1.19. The van der Waals surface area contributed by atoms with Crippen molar-refractivity contribution in [3.8, 4) is 0 Å². The Hall–Kier alpha value is -1.39. The molecule has 0 aliphatic rings. The largest absolute Gasteiger partial charge is 0.480 e. The van der Waals surface area contributed by atoms with E-state index in [4.69, 9.17) is 10.8 Å². The standard InChI is InChI=1S/C11H15NO3/c1-8(13)11(12,10(14)15)7-9-5-3-2-4-6-9/h2-6,8,13H,7,12H2,1H3,(H,14,15)/t8-,11+/m1/s1. The maximum atomic E-state index is 11.0. The molecule has 2 atom stereocenters. The van der Waals surface area contributed by atoms with Crippen LogP contribution in [0.3, 0.4) is 0 Å². The van der Waals surface area contributed by atoms with Crippen molar-refractivity contribution in [2.24, 2.45) is 5.73 Å². The van der Waals surface area contributed by atoms with E-state index < -0.39 is 17.6 Å². The lowest BCUT2D eigenvalue weighted by Gasteiger charge is -2.27. The van der Waals surface area contributed by atoms with E-state index in [9.17, 15) is 9.90 Å². The fraction of sp³-hybridized carbons (Fsp3) is 0.364. The van der Waals surface area contributed by atoms with E-state index in [1.165, 1.54) is 6.92 Å². The molecule has 0 amide bonds. The van der Waals surface area contributed by atoms with Gasteiger partial charge in [-0.3, -0.25) is 4.79 Å². The van der Waals surface area contributed by atoms with E-state index in [0.29, 0.717) is 0 Å². The molecule has 4 nitrogen and oxygen atoms in total. The number of aliphatic hydroxyl groups is 1. The van der Waals surface area contributed by atoms with Crippen molar-refractivity contribution in [1.29, 1.82) is 0 Å². The summed E-state index contributed by atoms with van der Waals surface area (Å²) in [5.41, 5.74) is 4.84. The Morgan fingerprint density at radius 3 is 2.40 bits per heavy atom. The summed E-state index contributed by atoms with van der Waals surface area (Å²) in [6, 6.07) is 9.02. The molecular formula is C11H15NO3. The molecule has 1 aromatic carbocycles. The number of hydrogen-bond acceptors (Lipinski definition) is 3. The Morgan fingerprint density at radius 1 is 1.47 bits per heavy atom. The predicted octanol–water partition coefficient (Wildman–Crippen LogP) is 0.392. The summed E-state index contributed by atoms with van der Waals surface area (Å²) in [5, 5.41) is 18.4. The molecule has 15 heavy (non-hydrogen) atoms. The molecule has 0 bridgehead atoms. The number of carbonyl (C=O) groups is 1. The van der Waals surface area contributed by atoms with E-state index in [1.807, 2.05) is 6.07 Å². The number of aliphatic carboxylic acids is 1. The normalized spacial score (nSPS) is 16.7. The van der Waals surface area contributed by atoms with Crippen molar-refractivity contribution < 1.29 is 15.0 Å². The summed E-state index contributed by atoms with van der Waals surface area (Å²) >= 11 is 0. The van der Waals surface area contributed by atoms with Crippen molar-refractivity contribution in [3.63, 3.8) is 0 Å². The lowest BCUT2D eigenvalue weighted by molar-refractivity contribution is -0.147. The molecule has 0 aromatic heterocycles. The van der Waals surface area contributed by atoms with Crippen molar-refractivity contribution in [3.05, 3.63) is 35.9 Å². The van der Waals surface area contributed by atoms with Gasteiger partial charge in [0.05, 0.1) is 6.10 Å². The van der Waals surface area contributed by atoms with E-state index >= 15 is 0 Å². The van der Waals surface area contributed by atoms with E-state index in [-0.39, 0.29) is 6.42 Å². The molecular weight excluding hydrogens is 194 g/mol. The van der Waals surface area contributed by atoms with Gasteiger partial charge in [-0.1, -0.05) is 30.3 Å². The number of benzene rings is 1. The minimum absolute atomic E-state index is 0.112. The predicted molar refractivity (Wildman–Crippen MR) is 56.4 cm³/mol. The molecule has 1 aromatic rings. The Bertz CT molecular complexity index is 337. The third-order valence-electron chi connectivity index (χ3n) is 2.48. The Kier molecular flexibility index (Phi) is 3.44. The highest BCUT2D eigenvalue weighted by molar-refractivity contribution is 5.79. The first kappa shape index (κ1) is 11.7. The number of aliphatic hydroxyl groups excluding tert-OH is 1. The van der Waals surface area contributed by atoms with Gasteiger partial charge in [-0.15, -0.1) is 0 Å². The number of rotatable bonds is 4. The van der Waals surface area contributed by atoms with Crippen LogP contribution in [0.4, 0.5) is 0 Å². The van der Waals surface area contributed by atoms with Crippen LogP contribution in [0, 0.1) is 0 Å². The molecule has 0 spiro atoms. The van der Waals surface area contributed by atoms with Crippen molar-refractivity contribution in [1.82, 2.24) is 0 Å². The van der Waals surface area contributed by atoms with Crippen LogP contribution < -0.4 is 5.73 Å². The van der Waals surface area contributed by atoms with Crippen LogP contribution in [0.1, 0.15) is 12.5 Å². The Balaban J connectivity index is 2.90. The average molecular weight is 209 g/mol. The zero-order valence-corrected chi connectivity index (χ0v) is 8.55. The molecule has 4 heteroatoms. The number of hydrogen-bond donors (Lipinski definition) is 3. The SMILES string of the molecule is C[C@@H](O)[C@@](N)(Cc1ccccc1)C(=O)O. The molecule has 0 unspecified atom stereocenters. The molecule has 82 valence electrons. The van der Waals surface area contributed by atoms with Gasteiger partial charge in [0.1, 0.15) is 5.54 Å². The van der Waals surface area contributed by atoms with Gasteiger partial charge >= 0.3 is 5.97 Å². The maximum Gasteiger partial charge on any atom is 0.326 e. The highest BCUT2D eigenvalue weighted by atomic mass is 16.4. The minimum Gasteiger partial charge on any atom is -0.480 e. The zero-order chi connectivity index (χ0) is 11.5. The first-order valence-corrected chi connectivity index (χ1v) is 4.71. The van der Waals surface area contributed by atoms with Crippen LogP contribution in [-0.2, 0) is 11.2 Å². The lowest BCUT2D eigenvalue weighted by atomic mass is 9.87. The molecule has 0 saturated heterocycles. The van der Waals surface area contributed by atoms with Crippen LogP contribution in [0.25, 0.3) is 0 Å². The molecule has 4 N–H and O–H groups in total. The molecule has 0 fully saturated rings. The van der Waals surface area contributed by atoms with Crippen LogP contribution >= 0.6 is 0 Å². The van der Waals surface area contributed by atoms with Gasteiger partial charge in [-0.25, -0.2) is 0 Å². The second kappa shape index (κ2) is 4.42. The maximum absolute atomic E-state index is 11.0. The van der Waals surface area contributed by atoms with Gasteiger partial charge in [0.15, 0.2) is 0 Å². The zero-order valence-electron chi connectivity index (χ0n) is 8.55. The lowest BCUT2D eigenvalue weighted by Crippen LogP contribution is -2.57. The molecule has 0 aliphatic carbocycles. The van der Waals surface area contributed by atoms with Gasteiger partial charge in [-0.05, 0) is 12.5 Å². The van der Waals surface area contributed by atoms with Crippen molar-refractivity contribution in [2.75, 3.05) is 0 Å². The topological polar surface area (TPSA) is 83.5 Å². The van der Waals surface area contributed by atoms with Crippen LogP contribution in [0.2, 0.25) is 0 Å². The molecule has 1 rings (SSSR count). The van der Waals surface area contributed by atoms with Crippen LogP contribution in [-0.4, -0.2) is 27.8 Å². The Labute approximate surface area is 88.3 Å². The fourth-order valence-corrected chi connectivity index (χ4v) is 1.34. The number of carboxylic acids is 1. The third kappa shape index (κ3) is 2.55. The quantitative estimate of drug-likeness (QED) is 0.670.